The Morgan fingerprint density at radius 1 is 1.06 bits per heavy atom. The number of allylic oxidation sites excluding steroid dienone is 2. The minimum atomic E-state index is -0.324. The van der Waals surface area contributed by atoms with E-state index in [-0.39, 0.29) is 46.9 Å². The summed E-state index contributed by atoms with van der Waals surface area (Å²) < 4.78 is 6.12. The number of ether oxygens (including phenoxy) is 1. The lowest BCUT2D eigenvalue weighted by molar-refractivity contribution is -0.196. The van der Waals surface area contributed by atoms with E-state index in [2.05, 4.69) is 46.0 Å². The van der Waals surface area contributed by atoms with Crippen molar-refractivity contribution in [2.45, 2.75) is 111 Å². The molecule has 5 nitrogen and oxygen atoms in total. The highest BCUT2D eigenvalue weighted by atomic mass is 16.5. The van der Waals surface area contributed by atoms with Crippen molar-refractivity contribution >= 4 is 5.97 Å². The Bertz CT molecular complexity index is 823. The van der Waals surface area contributed by atoms with Gasteiger partial charge >= 0.3 is 5.97 Å². The van der Waals surface area contributed by atoms with Gasteiger partial charge in [0.05, 0.1) is 12.2 Å². The first-order chi connectivity index (χ1) is 16.9. The molecule has 0 bridgehead atoms. The fraction of sp³-hybridized carbons (Fsp3) is 0.903. The highest BCUT2D eigenvalue weighted by Crippen LogP contribution is 2.69. The standard InChI is InChI=1S/C31H53NO4/c1-18(2)9-8-10-21(17-32-7)28-24-15-26(35)29-23(31(24,6)16-27(28)36-20(4)33)12-11-22-19(3)25(34)13-14-30(22,29)5/h9,19,21-29,32,34-35H,8,10-17H2,1-7H3/t19?,21?,22?,23-,24?,25+,26+,27-,28?,29-,30-,31+/m0/s1. The van der Waals surface area contributed by atoms with Crippen LogP contribution in [0.25, 0.3) is 0 Å². The van der Waals surface area contributed by atoms with Crippen molar-refractivity contribution in [3.8, 4) is 0 Å². The molecule has 36 heavy (non-hydrogen) atoms. The van der Waals surface area contributed by atoms with Crippen LogP contribution >= 0.6 is 0 Å². The molecule has 206 valence electrons. The van der Waals surface area contributed by atoms with Crippen molar-refractivity contribution in [3.63, 3.8) is 0 Å². The molecule has 0 saturated heterocycles. The predicted molar refractivity (Wildman–Crippen MR) is 144 cm³/mol. The molecule has 4 fully saturated rings. The summed E-state index contributed by atoms with van der Waals surface area (Å²) in [5.41, 5.74) is 1.47. The molecule has 0 radical (unpaired) electrons. The summed E-state index contributed by atoms with van der Waals surface area (Å²) in [6.07, 6.45) is 9.63. The Hall–Kier alpha value is -0.910. The van der Waals surface area contributed by atoms with Gasteiger partial charge < -0.3 is 20.3 Å². The smallest absolute Gasteiger partial charge is 0.302 e. The zero-order valence-electron chi connectivity index (χ0n) is 23.9. The van der Waals surface area contributed by atoms with Crippen molar-refractivity contribution in [1.82, 2.24) is 5.32 Å². The molecule has 12 atom stereocenters. The van der Waals surface area contributed by atoms with E-state index in [4.69, 9.17) is 4.74 Å². The maximum Gasteiger partial charge on any atom is 0.302 e. The molecule has 4 aliphatic rings. The molecule has 0 aromatic heterocycles. The number of hydrogen-bond acceptors (Lipinski definition) is 5. The molecule has 0 heterocycles. The van der Waals surface area contributed by atoms with Crippen molar-refractivity contribution in [3.05, 3.63) is 11.6 Å². The van der Waals surface area contributed by atoms with Crippen molar-refractivity contribution in [1.29, 1.82) is 0 Å². The number of carbonyl (C=O) groups excluding carboxylic acids is 1. The molecule has 0 aromatic rings. The molecule has 0 aliphatic heterocycles. The number of nitrogens with one attached hydrogen (secondary N) is 1. The largest absolute Gasteiger partial charge is 0.462 e. The van der Waals surface area contributed by atoms with Crippen LogP contribution in [0.5, 0.6) is 0 Å². The summed E-state index contributed by atoms with van der Waals surface area (Å²) in [4.78, 5) is 12.3. The SMILES string of the molecule is CNCC(CCC=C(C)C)C1C2C[C@@H](O)[C@@H]3[C@H](CCC4C(C)[C@H](O)CC[C@@]43C)[C@@]2(C)C[C@@H]1OC(C)=O. The minimum Gasteiger partial charge on any atom is -0.462 e. The Labute approximate surface area is 219 Å². The number of esters is 1. The first-order valence-electron chi connectivity index (χ1n) is 14.7. The van der Waals surface area contributed by atoms with Gasteiger partial charge in [0.1, 0.15) is 6.10 Å². The quantitative estimate of drug-likeness (QED) is 0.323. The lowest BCUT2D eigenvalue weighted by atomic mass is 9.41. The highest BCUT2D eigenvalue weighted by Gasteiger charge is 2.67. The third-order valence-corrected chi connectivity index (χ3v) is 11.6. The van der Waals surface area contributed by atoms with E-state index >= 15 is 0 Å². The van der Waals surface area contributed by atoms with Gasteiger partial charge in [0.15, 0.2) is 0 Å². The second kappa shape index (κ2) is 10.7. The van der Waals surface area contributed by atoms with Gasteiger partial charge in [-0.1, -0.05) is 32.4 Å². The van der Waals surface area contributed by atoms with Crippen LogP contribution in [0.15, 0.2) is 11.6 Å². The number of carbonyl (C=O) groups is 1. The zero-order valence-corrected chi connectivity index (χ0v) is 23.9. The van der Waals surface area contributed by atoms with E-state index in [1.807, 2.05) is 7.05 Å². The molecule has 0 amide bonds. The first-order valence-corrected chi connectivity index (χ1v) is 14.7. The van der Waals surface area contributed by atoms with Gasteiger partial charge in [-0.15, -0.1) is 0 Å². The number of aliphatic hydroxyl groups excluding tert-OH is 2. The van der Waals surface area contributed by atoms with Gasteiger partial charge in [-0.25, -0.2) is 0 Å². The summed E-state index contributed by atoms with van der Waals surface area (Å²) in [6.45, 7) is 13.9. The molecular weight excluding hydrogens is 450 g/mol. The Morgan fingerprint density at radius 2 is 1.75 bits per heavy atom. The normalized spacial score (nSPS) is 46.8. The number of fused-ring (bicyclic) bond motifs is 5. The van der Waals surface area contributed by atoms with E-state index in [9.17, 15) is 15.0 Å². The third kappa shape index (κ3) is 4.82. The minimum absolute atomic E-state index is 0.0600. The molecular formula is C31H53NO4. The van der Waals surface area contributed by atoms with Gasteiger partial charge in [0.25, 0.3) is 0 Å². The Morgan fingerprint density at radius 3 is 2.39 bits per heavy atom. The van der Waals surface area contributed by atoms with E-state index in [0.29, 0.717) is 29.6 Å². The monoisotopic (exact) mass is 503 g/mol. The van der Waals surface area contributed by atoms with Crippen LogP contribution in [0, 0.1) is 52.3 Å². The summed E-state index contributed by atoms with van der Waals surface area (Å²) in [5, 5.41) is 26.0. The molecule has 5 heteroatoms. The van der Waals surface area contributed by atoms with Gasteiger partial charge in [0, 0.05) is 12.8 Å². The summed E-state index contributed by atoms with van der Waals surface area (Å²) in [6, 6.07) is 0. The Balaban J connectivity index is 1.68. The van der Waals surface area contributed by atoms with Crippen LogP contribution in [0.2, 0.25) is 0 Å². The summed E-state index contributed by atoms with van der Waals surface area (Å²) >= 11 is 0. The number of hydrogen-bond donors (Lipinski definition) is 3. The van der Waals surface area contributed by atoms with E-state index in [1.54, 1.807) is 6.92 Å². The van der Waals surface area contributed by atoms with Crippen LogP contribution in [-0.2, 0) is 9.53 Å². The molecule has 4 aliphatic carbocycles. The molecule has 5 unspecified atom stereocenters. The Kier molecular flexibility index (Phi) is 8.35. The van der Waals surface area contributed by atoms with E-state index in [1.165, 1.54) is 5.57 Å². The second-order valence-corrected chi connectivity index (χ2v) is 13.8. The molecule has 0 aromatic carbocycles. The van der Waals surface area contributed by atoms with Crippen LogP contribution in [0.1, 0.15) is 92.9 Å². The molecule has 4 rings (SSSR count). The maximum atomic E-state index is 12.3. The highest BCUT2D eigenvalue weighted by molar-refractivity contribution is 5.66. The summed E-state index contributed by atoms with van der Waals surface area (Å²) in [7, 11) is 2.02. The third-order valence-electron chi connectivity index (χ3n) is 11.6. The zero-order chi connectivity index (χ0) is 26.4. The van der Waals surface area contributed by atoms with Crippen LogP contribution < -0.4 is 5.32 Å². The van der Waals surface area contributed by atoms with Gasteiger partial charge in [0.2, 0.25) is 0 Å². The van der Waals surface area contributed by atoms with Crippen molar-refractivity contribution in [2.75, 3.05) is 13.6 Å². The first kappa shape index (κ1) is 28.1. The fourth-order valence-electron chi connectivity index (χ4n) is 10.2. The lowest BCUT2D eigenvalue weighted by Crippen LogP contribution is -2.61. The lowest BCUT2D eigenvalue weighted by Gasteiger charge is -2.64. The van der Waals surface area contributed by atoms with E-state index < -0.39 is 0 Å². The fourth-order valence-corrected chi connectivity index (χ4v) is 10.2. The van der Waals surface area contributed by atoms with Crippen LogP contribution in [0.4, 0.5) is 0 Å². The predicted octanol–water partition coefficient (Wildman–Crippen LogP) is 5.35. The van der Waals surface area contributed by atoms with Crippen LogP contribution in [-0.4, -0.2) is 48.1 Å². The maximum absolute atomic E-state index is 12.3. The van der Waals surface area contributed by atoms with Crippen molar-refractivity contribution in [2.24, 2.45) is 52.3 Å². The molecule has 4 saturated carbocycles. The topological polar surface area (TPSA) is 78.8 Å². The number of aliphatic hydroxyl groups is 2. The van der Waals surface area contributed by atoms with Gasteiger partial charge in [-0.05, 0) is 125 Å². The van der Waals surface area contributed by atoms with E-state index in [0.717, 1.165) is 57.9 Å². The van der Waals surface area contributed by atoms with Gasteiger partial charge in [-0.2, -0.15) is 0 Å². The summed E-state index contributed by atoms with van der Waals surface area (Å²) in [5.74, 6) is 2.32. The average molecular weight is 504 g/mol. The van der Waals surface area contributed by atoms with Crippen molar-refractivity contribution < 1.29 is 19.7 Å². The van der Waals surface area contributed by atoms with Gasteiger partial charge in [-0.3, -0.25) is 4.79 Å². The number of rotatable bonds is 7. The second-order valence-electron chi connectivity index (χ2n) is 13.8. The molecule has 3 N–H and O–H groups in total. The molecule has 0 spiro atoms. The average Bonchev–Trinajstić information content (AvgIpc) is 3.06. The van der Waals surface area contributed by atoms with Crippen LogP contribution in [0.3, 0.4) is 0 Å².